The van der Waals surface area contributed by atoms with Gasteiger partial charge in [0.15, 0.2) is 0 Å². The molecule has 0 amide bonds. The van der Waals surface area contributed by atoms with E-state index in [1.54, 1.807) is 0 Å². The normalized spacial score (nSPS) is 11.8. The molecular weight excluding hydrogens is 436 g/mol. The summed E-state index contributed by atoms with van der Waals surface area (Å²) in [6.07, 6.45) is 2.76. The molecule has 0 aromatic carbocycles. The summed E-state index contributed by atoms with van der Waals surface area (Å²) in [5, 5.41) is 4.83. The van der Waals surface area contributed by atoms with Crippen LogP contribution in [0.2, 0.25) is 0 Å². The predicted molar refractivity (Wildman–Crippen MR) is 127 cm³/mol. The van der Waals surface area contributed by atoms with Crippen molar-refractivity contribution in [1.82, 2.24) is 0 Å². The molecule has 5 heteroatoms. The number of hydrogen-bond donors (Lipinski definition) is 0. The van der Waals surface area contributed by atoms with Gasteiger partial charge < -0.3 is 5.32 Å². The Morgan fingerprint density at radius 2 is 0.792 bits per heavy atom. The van der Waals surface area contributed by atoms with Crippen molar-refractivity contribution in [3.8, 4) is 0 Å². The van der Waals surface area contributed by atoms with Crippen LogP contribution < -0.4 is 0 Å². The summed E-state index contributed by atoms with van der Waals surface area (Å²) >= 11 is 0. The zero-order chi connectivity index (χ0) is 18.6. The second-order valence-electron chi connectivity index (χ2n) is 8.44. The van der Waals surface area contributed by atoms with Crippen molar-refractivity contribution in [1.29, 1.82) is 0 Å². The first kappa shape index (κ1) is 30.6. The first-order valence-electron chi connectivity index (χ1n) is 9.61. The fourth-order valence-electron chi connectivity index (χ4n) is 3.02. The van der Waals surface area contributed by atoms with Crippen LogP contribution in [0.1, 0.15) is 55.4 Å². The predicted octanol–water partition coefficient (Wildman–Crippen LogP) is 6.24. The zero-order valence-electron chi connectivity index (χ0n) is 18.5. The van der Waals surface area contributed by atoms with Gasteiger partial charge in [-0.05, 0) is 63.3 Å². The maximum atomic E-state index is 4.83. The number of hydrogen-bond acceptors (Lipinski definition) is 0. The van der Waals surface area contributed by atoms with Crippen molar-refractivity contribution in [3.63, 3.8) is 0 Å². The van der Waals surface area contributed by atoms with Gasteiger partial charge >= 0.3 is 19.5 Å². The molecule has 0 heterocycles. The standard InChI is InChI=1S/C16H36NP2.C3H9P.Ru.H/c1-13(2)18(14(3)4)11-9-17-10-12-19(15(5)6)16(7)8;1-4(2)3;;/h13-16H,9-12H2,1-8H3;1-3H3;;/q-1;;+1;/p+3. The molecule has 0 aliphatic carbocycles. The van der Waals surface area contributed by atoms with Gasteiger partial charge in [-0.15, -0.1) is 13.1 Å². The first-order valence-corrected chi connectivity index (χ1v) is 16.3. The fraction of sp³-hybridized carbons (Fsp3) is 1.00. The Balaban J connectivity index is -0.000000787. The monoisotopic (exact) mass is 486 g/mol. The van der Waals surface area contributed by atoms with Crippen LogP contribution in [0.25, 0.3) is 5.32 Å². The molecule has 1 nitrogen and oxygen atoms in total. The fourth-order valence-corrected chi connectivity index (χ4v) is 8.82. The Hall–Kier alpha value is 1.87. The Labute approximate surface area is 171 Å². The van der Waals surface area contributed by atoms with Gasteiger partial charge in [-0.1, -0.05) is 0 Å². The Bertz CT molecular complexity index is 218. The maximum absolute atomic E-state index is 4.83. The van der Waals surface area contributed by atoms with Crippen LogP contribution in [0.15, 0.2) is 0 Å². The van der Waals surface area contributed by atoms with E-state index in [-0.39, 0.29) is 43.2 Å². The van der Waals surface area contributed by atoms with Crippen molar-refractivity contribution >= 4 is 23.8 Å². The summed E-state index contributed by atoms with van der Waals surface area (Å²) in [5.74, 6) is 0. The van der Waals surface area contributed by atoms with Gasteiger partial charge in [0.05, 0.1) is 22.6 Å². The summed E-state index contributed by atoms with van der Waals surface area (Å²) in [5.41, 5.74) is 3.58. The molecule has 0 bridgehead atoms. The van der Waals surface area contributed by atoms with E-state index in [9.17, 15) is 0 Å². The third-order valence-corrected chi connectivity index (χ3v) is 11.6. The van der Waals surface area contributed by atoms with E-state index in [0.29, 0.717) is 0 Å². The van der Waals surface area contributed by atoms with Gasteiger partial charge in [-0.3, -0.25) is 0 Å². The molecule has 0 aromatic heterocycles. The van der Waals surface area contributed by atoms with Crippen LogP contribution in [0.5, 0.6) is 0 Å². The molecule has 0 atom stereocenters. The van der Waals surface area contributed by atoms with E-state index in [1.165, 1.54) is 12.3 Å². The second-order valence-corrected chi connectivity index (χ2v) is 19.4. The van der Waals surface area contributed by atoms with Crippen LogP contribution in [0, 0.1) is 0 Å². The van der Waals surface area contributed by atoms with E-state index in [1.807, 2.05) is 0 Å². The van der Waals surface area contributed by atoms with E-state index in [2.05, 4.69) is 75.4 Å². The van der Waals surface area contributed by atoms with Crippen molar-refractivity contribution in [2.75, 3.05) is 45.4 Å². The molecule has 0 saturated carbocycles. The Morgan fingerprint density at radius 1 is 0.583 bits per heavy atom. The second kappa shape index (κ2) is 18.2. The van der Waals surface area contributed by atoms with E-state index in [4.69, 9.17) is 5.32 Å². The third kappa shape index (κ3) is 18.7. The summed E-state index contributed by atoms with van der Waals surface area (Å²) in [7, 11) is -0.273. The summed E-state index contributed by atoms with van der Waals surface area (Å²) < 4.78 is 0. The number of rotatable bonds is 10. The first-order chi connectivity index (χ1) is 10.5. The summed E-state index contributed by atoms with van der Waals surface area (Å²) in [6.45, 7) is 28.2. The van der Waals surface area contributed by atoms with Crippen LogP contribution in [-0.2, 0) is 19.5 Å². The van der Waals surface area contributed by atoms with Gasteiger partial charge in [-0.25, -0.2) is 0 Å². The van der Waals surface area contributed by atoms with E-state index in [0.717, 1.165) is 35.7 Å². The van der Waals surface area contributed by atoms with Gasteiger partial charge in [0.2, 0.25) is 0 Å². The molecule has 0 fully saturated rings. The van der Waals surface area contributed by atoms with Gasteiger partial charge in [0.25, 0.3) is 0 Å². The molecule has 0 spiro atoms. The Kier molecular flexibility index (Phi) is 23.3. The van der Waals surface area contributed by atoms with Crippen LogP contribution >= 0.6 is 23.8 Å². The average Bonchev–Trinajstić information content (AvgIpc) is 2.34. The summed E-state index contributed by atoms with van der Waals surface area (Å²) in [4.78, 5) is 0. The molecule has 0 saturated heterocycles. The topological polar surface area (TPSA) is 14.1 Å². The molecule has 0 aromatic rings. The molecular formula is C19H49NP3Ru+3. The average molecular weight is 486 g/mol. The van der Waals surface area contributed by atoms with Crippen LogP contribution in [0.3, 0.4) is 0 Å². The molecule has 0 rings (SSSR count). The van der Waals surface area contributed by atoms with Crippen LogP contribution in [-0.4, -0.2) is 68.0 Å². The van der Waals surface area contributed by atoms with Gasteiger partial charge in [-0.2, -0.15) is 0 Å². The molecule has 0 N–H and O–H groups in total. The molecule has 24 heavy (non-hydrogen) atoms. The van der Waals surface area contributed by atoms with Gasteiger partial charge in [0, 0.05) is 48.2 Å². The van der Waals surface area contributed by atoms with E-state index < -0.39 is 0 Å². The SMILES string of the molecule is CC(C)[PH+](CC[N-]CC[PH+](C(C)C)C(C)C)C(C)C.C[PH+](C)C.[RuH+]. The van der Waals surface area contributed by atoms with E-state index >= 15 is 0 Å². The van der Waals surface area contributed by atoms with Crippen molar-refractivity contribution in [2.24, 2.45) is 0 Å². The molecule has 0 aliphatic heterocycles. The summed E-state index contributed by atoms with van der Waals surface area (Å²) in [6, 6.07) is 0. The molecule has 150 valence electrons. The molecule has 0 aliphatic rings. The quantitative estimate of drug-likeness (QED) is 0.198. The number of nitrogens with zero attached hydrogens (tertiary/aromatic N) is 1. The minimum atomic E-state index is -0.197. The van der Waals surface area contributed by atoms with Crippen LogP contribution in [0.4, 0.5) is 0 Å². The zero-order valence-corrected chi connectivity index (χ0v) is 23.3. The third-order valence-electron chi connectivity index (χ3n) is 4.08. The van der Waals surface area contributed by atoms with Crippen molar-refractivity contribution < 1.29 is 19.5 Å². The molecule has 0 unspecified atom stereocenters. The molecule has 1 radical (unpaired) electrons. The van der Waals surface area contributed by atoms with Gasteiger partial charge in [0.1, 0.15) is 0 Å². The van der Waals surface area contributed by atoms with Crippen molar-refractivity contribution in [3.05, 3.63) is 5.32 Å². The Morgan fingerprint density at radius 3 is 0.958 bits per heavy atom. The minimum absolute atomic E-state index is 0. The van der Waals surface area contributed by atoms with Crippen molar-refractivity contribution in [2.45, 2.75) is 78.0 Å².